The van der Waals surface area contributed by atoms with Crippen molar-refractivity contribution in [2.24, 2.45) is 0 Å². The van der Waals surface area contributed by atoms with Crippen molar-refractivity contribution in [3.63, 3.8) is 0 Å². The third-order valence-electron chi connectivity index (χ3n) is 5.06. The van der Waals surface area contributed by atoms with E-state index in [9.17, 15) is 0 Å². The minimum absolute atomic E-state index is 0.238. The topological polar surface area (TPSA) is 0 Å². The van der Waals surface area contributed by atoms with Crippen LogP contribution in [0.15, 0.2) is 54.6 Å². The first-order chi connectivity index (χ1) is 10.9. The van der Waals surface area contributed by atoms with E-state index in [4.69, 9.17) is 0 Å². The number of hydrogen-bond acceptors (Lipinski definition) is 0. The summed E-state index contributed by atoms with van der Waals surface area (Å²) in [5.74, 6) is 0.676. The molecule has 1 heteroatoms. The van der Waals surface area contributed by atoms with Gasteiger partial charge in [-0.1, -0.05) is 0 Å². The molecule has 0 heterocycles. The molecule has 0 aromatic heterocycles. The maximum atomic E-state index is 2.35. The number of benzene rings is 2. The molecule has 118 valence electrons. The van der Waals surface area contributed by atoms with Crippen molar-refractivity contribution in [3.05, 3.63) is 71.3 Å². The fourth-order valence-electron chi connectivity index (χ4n) is 3.26. The van der Waals surface area contributed by atoms with Crippen molar-refractivity contribution >= 4 is 17.7 Å². The molecule has 2 rings (SSSR count). The maximum absolute atomic E-state index is 2.35. The van der Waals surface area contributed by atoms with Crippen LogP contribution in [0.4, 0.5) is 0 Å². The van der Waals surface area contributed by atoms with Crippen molar-refractivity contribution < 1.29 is 0 Å². The predicted molar refractivity (Wildman–Crippen MR) is 102 cm³/mol. The molecule has 0 fully saturated rings. The fourth-order valence-corrected chi connectivity index (χ4v) is 3.26. The summed E-state index contributed by atoms with van der Waals surface area (Å²) in [7, 11) is 0. The first-order valence-electron chi connectivity index (χ1n) is 9.07. The van der Waals surface area contributed by atoms with Crippen LogP contribution in [0, 0.1) is 0 Å². The molecule has 0 radical (unpaired) electrons. The van der Waals surface area contributed by atoms with Crippen LogP contribution < -0.4 is 0 Å². The van der Waals surface area contributed by atoms with E-state index >= 15 is 0 Å². The van der Waals surface area contributed by atoms with Crippen LogP contribution in [0.1, 0.15) is 74.2 Å². The van der Waals surface area contributed by atoms with E-state index in [0.29, 0.717) is 10.5 Å². The van der Waals surface area contributed by atoms with Gasteiger partial charge in [-0.15, -0.1) is 0 Å². The predicted octanol–water partition coefficient (Wildman–Crippen LogP) is 6.17. The molecule has 0 aliphatic rings. The van der Waals surface area contributed by atoms with E-state index in [1.54, 1.807) is 0 Å². The van der Waals surface area contributed by atoms with Gasteiger partial charge < -0.3 is 0 Å². The standard InChI is InChI=1S/C22H29.Li/c1-5-19(13-9-12-18-10-7-6-8-11-18)20-14-16-21(17-15-20)22(2,3)4;/h6-8,10-12,14-17,19H,5,9,13H2,1-4H3;. The Hall–Kier alpha value is -0.963. The second-order valence-corrected chi connectivity index (χ2v) is 7.87. The average Bonchev–Trinajstić information content (AvgIpc) is 2.55. The molecule has 0 saturated heterocycles. The zero-order valence-electron chi connectivity index (χ0n) is 15.5. The molecule has 2 aromatic carbocycles. The quantitative estimate of drug-likeness (QED) is 0.560. The normalized spacial score (nSPS) is 14.5. The van der Waals surface area contributed by atoms with Gasteiger partial charge in [0.05, 0.1) is 0 Å². The first-order valence-corrected chi connectivity index (χ1v) is 9.07. The Labute approximate surface area is 151 Å². The molecule has 23 heavy (non-hydrogen) atoms. The van der Waals surface area contributed by atoms with Gasteiger partial charge in [0.1, 0.15) is 0 Å². The van der Waals surface area contributed by atoms with E-state index < -0.39 is 0 Å². The molecular formula is C22H29Li. The fraction of sp³-hybridized carbons (Fsp3) is 0.455. The van der Waals surface area contributed by atoms with Crippen LogP contribution in [-0.2, 0) is 5.41 Å². The molecule has 0 amide bonds. The van der Waals surface area contributed by atoms with E-state index in [-0.39, 0.29) is 5.41 Å². The molecule has 0 N–H and O–H groups in total. The Morgan fingerprint density at radius 1 is 0.826 bits per heavy atom. The third kappa shape index (κ3) is 5.27. The van der Waals surface area contributed by atoms with Crippen LogP contribution >= 0.6 is 0 Å². The van der Waals surface area contributed by atoms with Crippen LogP contribution in [0.2, 0.25) is 0 Å². The minimum atomic E-state index is 0.238. The van der Waals surface area contributed by atoms with Gasteiger partial charge in [0, 0.05) is 0 Å². The Bertz CT molecular complexity index is 578. The Morgan fingerprint density at radius 2 is 1.43 bits per heavy atom. The molecule has 0 aliphatic carbocycles. The second-order valence-electron chi connectivity index (χ2n) is 7.87. The molecule has 0 nitrogen and oxygen atoms in total. The summed E-state index contributed by atoms with van der Waals surface area (Å²) in [5.41, 5.74) is 4.63. The van der Waals surface area contributed by atoms with Gasteiger partial charge in [-0.2, -0.15) is 0 Å². The van der Waals surface area contributed by atoms with Gasteiger partial charge in [0.25, 0.3) is 0 Å². The van der Waals surface area contributed by atoms with Crippen LogP contribution in [0.25, 0.3) is 0 Å². The molecule has 0 bridgehead atoms. The van der Waals surface area contributed by atoms with Gasteiger partial charge in [-0.3, -0.25) is 0 Å². The van der Waals surface area contributed by atoms with Crippen LogP contribution in [0.3, 0.4) is 0 Å². The zero-order valence-corrected chi connectivity index (χ0v) is 15.5. The van der Waals surface area contributed by atoms with Crippen molar-refractivity contribution in [3.8, 4) is 0 Å². The Balaban J connectivity index is 2.00. The van der Waals surface area contributed by atoms with E-state index in [0.717, 1.165) is 0 Å². The number of rotatable bonds is 6. The van der Waals surface area contributed by atoms with Gasteiger partial charge >= 0.3 is 152 Å². The molecular weight excluding hydrogens is 271 g/mol. The monoisotopic (exact) mass is 300 g/mol. The summed E-state index contributed by atoms with van der Waals surface area (Å²) < 4.78 is 0.638. The molecule has 2 aromatic rings. The van der Waals surface area contributed by atoms with Crippen LogP contribution in [0.5, 0.6) is 0 Å². The van der Waals surface area contributed by atoms with Crippen molar-refractivity contribution in [1.82, 2.24) is 0 Å². The van der Waals surface area contributed by atoms with Gasteiger partial charge in [0.15, 0.2) is 0 Å². The SMILES string of the molecule is [Li][CH](CCC(CC)c1ccc(C(C)(C)C)cc1)c1ccccc1. The second kappa shape index (κ2) is 8.23. The molecule has 0 saturated carbocycles. The summed E-state index contributed by atoms with van der Waals surface area (Å²) in [4.78, 5) is 0. The summed E-state index contributed by atoms with van der Waals surface area (Å²) in [5, 5.41) is 0. The summed E-state index contributed by atoms with van der Waals surface area (Å²) in [6, 6.07) is 20.2. The molecule has 2 unspecified atom stereocenters. The molecule has 0 spiro atoms. The summed E-state index contributed by atoms with van der Waals surface area (Å²) in [6.07, 6.45) is 3.74. The van der Waals surface area contributed by atoms with E-state index in [1.807, 2.05) is 0 Å². The van der Waals surface area contributed by atoms with Gasteiger partial charge in [-0.05, 0) is 0 Å². The molecule has 2 atom stereocenters. The van der Waals surface area contributed by atoms with Crippen molar-refractivity contribution in [2.45, 2.75) is 62.9 Å². The summed E-state index contributed by atoms with van der Waals surface area (Å²) >= 11 is 2.35. The number of hydrogen-bond donors (Lipinski definition) is 0. The summed E-state index contributed by atoms with van der Waals surface area (Å²) in [6.45, 7) is 9.15. The Kier molecular flexibility index (Phi) is 6.58. The van der Waals surface area contributed by atoms with Crippen LogP contribution in [-0.4, -0.2) is 17.7 Å². The Morgan fingerprint density at radius 3 is 1.96 bits per heavy atom. The van der Waals surface area contributed by atoms with Gasteiger partial charge in [-0.25, -0.2) is 0 Å². The third-order valence-corrected chi connectivity index (χ3v) is 5.06. The van der Waals surface area contributed by atoms with Crippen molar-refractivity contribution in [1.29, 1.82) is 0 Å². The van der Waals surface area contributed by atoms with Gasteiger partial charge in [0.2, 0.25) is 0 Å². The first kappa shape index (κ1) is 18.4. The van der Waals surface area contributed by atoms with E-state index in [1.165, 1.54) is 36.0 Å². The zero-order chi connectivity index (χ0) is 16.9. The molecule has 0 aliphatic heterocycles. The van der Waals surface area contributed by atoms with E-state index in [2.05, 4.69) is 100 Å². The van der Waals surface area contributed by atoms with Crippen molar-refractivity contribution in [2.75, 3.05) is 0 Å². The average molecular weight is 300 g/mol.